The van der Waals surface area contributed by atoms with Crippen LogP contribution in [-0.2, 0) is 0 Å². The lowest BCUT2D eigenvalue weighted by Crippen LogP contribution is -2.21. The number of aliphatic imine (C=N–C) groups is 1. The lowest BCUT2D eigenvalue weighted by Gasteiger charge is -2.25. The molecule has 0 spiro atoms. The summed E-state index contributed by atoms with van der Waals surface area (Å²) in [7, 11) is 0. The lowest BCUT2D eigenvalue weighted by molar-refractivity contribution is 0.518. The molecule has 2 N–H and O–H groups in total. The van der Waals surface area contributed by atoms with Crippen LogP contribution >= 0.6 is 0 Å². The molecule has 2 heteroatoms. The zero-order valence-electron chi connectivity index (χ0n) is 8.93. The number of hydrogen-bond acceptors (Lipinski definition) is 2. The van der Waals surface area contributed by atoms with Crippen molar-refractivity contribution < 1.29 is 0 Å². The summed E-state index contributed by atoms with van der Waals surface area (Å²) in [4.78, 5) is 4.54. The Labute approximate surface area is 80.9 Å². The van der Waals surface area contributed by atoms with Gasteiger partial charge >= 0.3 is 0 Å². The van der Waals surface area contributed by atoms with E-state index in [9.17, 15) is 0 Å². The van der Waals surface area contributed by atoms with Gasteiger partial charge in [-0.3, -0.25) is 4.99 Å². The highest BCUT2D eigenvalue weighted by molar-refractivity contribution is 6.01. The molecule has 0 saturated carbocycles. The van der Waals surface area contributed by atoms with Crippen molar-refractivity contribution in [2.75, 3.05) is 6.54 Å². The quantitative estimate of drug-likeness (QED) is 0.661. The molecule has 0 unspecified atom stereocenters. The first kappa shape index (κ1) is 10.3. The van der Waals surface area contributed by atoms with Crippen LogP contribution in [0.2, 0.25) is 0 Å². The highest BCUT2D eigenvalue weighted by Crippen LogP contribution is 2.28. The Bertz CT molecular complexity index is 231. The molecule has 0 aliphatic carbocycles. The van der Waals surface area contributed by atoms with Gasteiger partial charge in [0.1, 0.15) is 0 Å². The maximum absolute atomic E-state index is 5.65. The molecule has 0 fully saturated rings. The molecule has 1 heterocycles. The van der Waals surface area contributed by atoms with E-state index in [0.29, 0.717) is 0 Å². The van der Waals surface area contributed by atoms with Crippen LogP contribution in [0.4, 0.5) is 0 Å². The molecule has 0 atom stereocenters. The summed E-state index contributed by atoms with van der Waals surface area (Å²) in [6.45, 7) is 7.53. The molecule has 0 aromatic carbocycles. The van der Waals surface area contributed by atoms with Gasteiger partial charge in [0.05, 0.1) is 0 Å². The first-order valence-corrected chi connectivity index (χ1v) is 5.02. The van der Waals surface area contributed by atoms with Gasteiger partial charge in [-0.25, -0.2) is 0 Å². The van der Waals surface area contributed by atoms with Crippen LogP contribution in [0.5, 0.6) is 0 Å². The number of allylic oxidation sites excluding steroid dienone is 1. The van der Waals surface area contributed by atoms with Crippen molar-refractivity contribution in [1.82, 2.24) is 0 Å². The van der Waals surface area contributed by atoms with Crippen molar-refractivity contribution in [3.05, 3.63) is 11.8 Å². The van der Waals surface area contributed by atoms with Crippen LogP contribution < -0.4 is 5.73 Å². The van der Waals surface area contributed by atoms with Crippen molar-refractivity contribution in [3.8, 4) is 0 Å². The minimum Gasteiger partial charge on any atom is -0.404 e. The highest BCUT2D eigenvalue weighted by atomic mass is 14.8. The molecule has 0 aromatic rings. The fourth-order valence-electron chi connectivity index (χ4n) is 1.70. The van der Waals surface area contributed by atoms with Gasteiger partial charge < -0.3 is 5.73 Å². The topological polar surface area (TPSA) is 38.4 Å². The molecule has 1 rings (SSSR count). The maximum Gasteiger partial charge on any atom is 0.0399 e. The third-order valence-electron chi connectivity index (χ3n) is 2.41. The van der Waals surface area contributed by atoms with E-state index >= 15 is 0 Å². The maximum atomic E-state index is 5.65. The minimum absolute atomic E-state index is 0.130. The van der Waals surface area contributed by atoms with E-state index in [2.05, 4.69) is 25.8 Å². The van der Waals surface area contributed by atoms with Gasteiger partial charge in [0.2, 0.25) is 0 Å². The normalized spacial score (nSPS) is 19.9. The zero-order valence-corrected chi connectivity index (χ0v) is 8.93. The van der Waals surface area contributed by atoms with Gasteiger partial charge in [-0.05, 0) is 36.5 Å². The SMILES string of the molecule is CC(C)(C)/C(=C/N)C1=NCCCC1. The first-order chi connectivity index (χ1) is 6.05. The van der Waals surface area contributed by atoms with Gasteiger partial charge in [0.25, 0.3) is 0 Å². The summed E-state index contributed by atoms with van der Waals surface area (Å²) < 4.78 is 0. The Balaban J connectivity index is 2.84. The number of nitrogens with two attached hydrogens (primary N) is 1. The third kappa shape index (κ3) is 2.58. The fraction of sp³-hybridized carbons (Fsp3) is 0.727. The van der Waals surface area contributed by atoms with E-state index in [4.69, 9.17) is 5.73 Å². The van der Waals surface area contributed by atoms with Gasteiger partial charge in [-0.2, -0.15) is 0 Å². The number of rotatable bonds is 1. The van der Waals surface area contributed by atoms with Crippen LogP contribution in [0.25, 0.3) is 0 Å². The average molecular weight is 180 g/mol. The largest absolute Gasteiger partial charge is 0.404 e. The van der Waals surface area contributed by atoms with E-state index in [1.165, 1.54) is 24.1 Å². The zero-order chi connectivity index (χ0) is 9.90. The van der Waals surface area contributed by atoms with Crippen molar-refractivity contribution in [2.24, 2.45) is 16.1 Å². The van der Waals surface area contributed by atoms with Gasteiger partial charge in [-0.1, -0.05) is 20.8 Å². The first-order valence-electron chi connectivity index (χ1n) is 5.02. The van der Waals surface area contributed by atoms with E-state index < -0.39 is 0 Å². The van der Waals surface area contributed by atoms with Crippen LogP contribution in [0.3, 0.4) is 0 Å². The van der Waals surface area contributed by atoms with E-state index in [1.807, 2.05) is 0 Å². The highest BCUT2D eigenvalue weighted by Gasteiger charge is 2.22. The minimum atomic E-state index is 0.130. The van der Waals surface area contributed by atoms with Crippen LogP contribution in [-0.4, -0.2) is 12.3 Å². The Morgan fingerprint density at radius 2 is 2.08 bits per heavy atom. The van der Waals surface area contributed by atoms with Gasteiger partial charge in [0.15, 0.2) is 0 Å². The lowest BCUT2D eigenvalue weighted by atomic mass is 9.82. The summed E-state index contributed by atoms with van der Waals surface area (Å²) in [5.74, 6) is 0. The Hall–Kier alpha value is -0.790. The molecule has 1 aliphatic heterocycles. The summed E-state index contributed by atoms with van der Waals surface area (Å²) >= 11 is 0. The average Bonchev–Trinajstić information content (AvgIpc) is 2.05. The Kier molecular flexibility index (Phi) is 3.12. The van der Waals surface area contributed by atoms with Crippen molar-refractivity contribution >= 4 is 5.71 Å². The molecule has 13 heavy (non-hydrogen) atoms. The summed E-state index contributed by atoms with van der Waals surface area (Å²) in [5.41, 5.74) is 8.22. The fourth-order valence-corrected chi connectivity index (χ4v) is 1.70. The summed E-state index contributed by atoms with van der Waals surface area (Å²) in [6, 6.07) is 0. The molecule has 0 bridgehead atoms. The standard InChI is InChI=1S/C11H20N2/c1-11(2,3)9(8-12)10-6-4-5-7-13-10/h8H,4-7,12H2,1-3H3/b9-8+. The molecule has 74 valence electrons. The summed E-state index contributed by atoms with van der Waals surface area (Å²) in [5, 5.41) is 0. The smallest absolute Gasteiger partial charge is 0.0399 e. The predicted molar refractivity (Wildman–Crippen MR) is 57.9 cm³/mol. The molecule has 1 aliphatic rings. The van der Waals surface area contributed by atoms with E-state index in [-0.39, 0.29) is 5.41 Å². The molecule has 0 amide bonds. The second-order valence-electron chi connectivity index (χ2n) is 4.62. The molecule has 0 radical (unpaired) electrons. The molecule has 2 nitrogen and oxygen atoms in total. The summed E-state index contributed by atoms with van der Waals surface area (Å²) in [6.07, 6.45) is 5.31. The van der Waals surface area contributed by atoms with Gasteiger partial charge in [-0.15, -0.1) is 0 Å². The van der Waals surface area contributed by atoms with Crippen molar-refractivity contribution in [1.29, 1.82) is 0 Å². The van der Waals surface area contributed by atoms with Crippen molar-refractivity contribution in [2.45, 2.75) is 40.0 Å². The van der Waals surface area contributed by atoms with Crippen LogP contribution in [0.15, 0.2) is 16.8 Å². The molecular weight excluding hydrogens is 160 g/mol. The second-order valence-corrected chi connectivity index (χ2v) is 4.62. The number of nitrogens with zero attached hydrogens (tertiary/aromatic N) is 1. The van der Waals surface area contributed by atoms with Crippen LogP contribution in [0, 0.1) is 5.41 Å². The molecular formula is C11H20N2. The second kappa shape index (κ2) is 3.95. The predicted octanol–water partition coefficient (Wildman–Crippen LogP) is 2.50. The monoisotopic (exact) mass is 180 g/mol. The Morgan fingerprint density at radius 1 is 1.38 bits per heavy atom. The van der Waals surface area contributed by atoms with Gasteiger partial charge in [0, 0.05) is 12.3 Å². The van der Waals surface area contributed by atoms with E-state index in [1.54, 1.807) is 6.20 Å². The Morgan fingerprint density at radius 3 is 2.46 bits per heavy atom. The van der Waals surface area contributed by atoms with E-state index in [0.717, 1.165) is 13.0 Å². The molecule has 0 saturated heterocycles. The van der Waals surface area contributed by atoms with Crippen LogP contribution in [0.1, 0.15) is 40.0 Å². The van der Waals surface area contributed by atoms with Crippen molar-refractivity contribution in [3.63, 3.8) is 0 Å². The molecule has 0 aromatic heterocycles. The third-order valence-corrected chi connectivity index (χ3v) is 2.41. The number of hydrogen-bond donors (Lipinski definition) is 1.